The van der Waals surface area contributed by atoms with E-state index in [0.29, 0.717) is 0 Å². The fourth-order valence-electron chi connectivity index (χ4n) is 3.07. The number of piperazine rings is 1. The van der Waals surface area contributed by atoms with Crippen molar-refractivity contribution in [2.45, 2.75) is 6.92 Å². The number of hydrogen-bond acceptors (Lipinski definition) is 3. The number of nitrogens with one attached hydrogen (secondary N) is 1. The van der Waals surface area contributed by atoms with Crippen LogP contribution in [-0.2, 0) is 0 Å². The summed E-state index contributed by atoms with van der Waals surface area (Å²) in [5.41, 5.74) is 0.857. The first kappa shape index (κ1) is 14.2. The van der Waals surface area contributed by atoms with Gasteiger partial charge in [0.05, 0.1) is 0 Å². The Hall–Kier alpha value is -1.71. The van der Waals surface area contributed by atoms with E-state index in [9.17, 15) is 4.79 Å². The molecule has 1 aliphatic heterocycles. The van der Waals surface area contributed by atoms with Crippen molar-refractivity contribution in [3.63, 3.8) is 0 Å². The van der Waals surface area contributed by atoms with Gasteiger partial charge in [0.15, 0.2) is 5.78 Å². The number of benzene rings is 2. The molecular weight excluding hydrogens is 260 g/mol. The molecule has 2 aromatic carbocycles. The van der Waals surface area contributed by atoms with Crippen LogP contribution in [0.3, 0.4) is 0 Å². The molecule has 0 saturated carbocycles. The third-order valence-electron chi connectivity index (χ3n) is 4.24. The van der Waals surface area contributed by atoms with Crippen molar-refractivity contribution in [2.24, 2.45) is 5.92 Å². The molecule has 0 amide bonds. The maximum absolute atomic E-state index is 12.8. The second-order valence-corrected chi connectivity index (χ2v) is 5.84. The number of hydrogen-bond donors (Lipinski definition) is 1. The van der Waals surface area contributed by atoms with Crippen molar-refractivity contribution in [3.8, 4) is 0 Å². The van der Waals surface area contributed by atoms with Gasteiger partial charge in [-0.3, -0.25) is 4.79 Å². The third kappa shape index (κ3) is 3.14. The highest BCUT2D eigenvalue weighted by Gasteiger charge is 2.21. The summed E-state index contributed by atoms with van der Waals surface area (Å²) in [5, 5.41) is 5.55. The van der Waals surface area contributed by atoms with Gasteiger partial charge in [0.2, 0.25) is 0 Å². The van der Waals surface area contributed by atoms with E-state index in [-0.39, 0.29) is 11.7 Å². The smallest absolute Gasteiger partial charge is 0.167 e. The molecule has 1 N–H and O–H groups in total. The van der Waals surface area contributed by atoms with Gasteiger partial charge in [-0.25, -0.2) is 0 Å². The molecule has 0 aromatic heterocycles. The average molecular weight is 282 g/mol. The maximum atomic E-state index is 12.8. The Morgan fingerprint density at radius 3 is 2.67 bits per heavy atom. The highest BCUT2D eigenvalue weighted by atomic mass is 16.1. The molecule has 0 radical (unpaired) electrons. The number of carbonyl (C=O) groups excluding carboxylic acids is 1. The van der Waals surface area contributed by atoms with Gasteiger partial charge < -0.3 is 10.2 Å². The van der Waals surface area contributed by atoms with Gasteiger partial charge in [-0.1, -0.05) is 49.4 Å². The predicted octanol–water partition coefficient (Wildman–Crippen LogP) is 2.56. The molecule has 1 heterocycles. The van der Waals surface area contributed by atoms with Crippen LogP contribution in [0.1, 0.15) is 17.3 Å². The van der Waals surface area contributed by atoms with Crippen LogP contribution in [0, 0.1) is 5.92 Å². The molecule has 2 aromatic rings. The molecule has 3 rings (SSSR count). The Labute approximate surface area is 125 Å². The molecule has 0 bridgehead atoms. The van der Waals surface area contributed by atoms with Crippen molar-refractivity contribution in [2.75, 3.05) is 32.7 Å². The highest BCUT2D eigenvalue weighted by molar-refractivity contribution is 6.09. The predicted molar refractivity (Wildman–Crippen MR) is 86.8 cm³/mol. The molecule has 110 valence electrons. The van der Waals surface area contributed by atoms with E-state index in [1.54, 1.807) is 0 Å². The van der Waals surface area contributed by atoms with E-state index in [2.05, 4.69) is 22.3 Å². The zero-order valence-corrected chi connectivity index (χ0v) is 12.5. The summed E-state index contributed by atoms with van der Waals surface area (Å²) in [6.45, 7) is 7.01. The average Bonchev–Trinajstić information content (AvgIpc) is 2.54. The van der Waals surface area contributed by atoms with E-state index in [1.807, 2.05) is 37.3 Å². The molecule has 1 saturated heterocycles. The summed E-state index contributed by atoms with van der Waals surface area (Å²) in [6, 6.07) is 14.1. The number of Topliss-reactive ketones (excluding diaryl/α,β-unsaturated/α-hetero) is 1. The molecule has 1 unspecified atom stereocenters. The fourth-order valence-corrected chi connectivity index (χ4v) is 3.07. The van der Waals surface area contributed by atoms with Gasteiger partial charge in [-0.05, 0) is 10.8 Å². The van der Waals surface area contributed by atoms with Crippen LogP contribution in [0.25, 0.3) is 10.8 Å². The fraction of sp³-hybridized carbons (Fsp3) is 0.389. The molecule has 0 spiro atoms. The topological polar surface area (TPSA) is 32.3 Å². The van der Waals surface area contributed by atoms with E-state index >= 15 is 0 Å². The lowest BCUT2D eigenvalue weighted by molar-refractivity contribution is 0.0889. The van der Waals surface area contributed by atoms with Crippen LogP contribution in [0.2, 0.25) is 0 Å². The van der Waals surface area contributed by atoms with Crippen LogP contribution < -0.4 is 5.32 Å². The van der Waals surface area contributed by atoms with Gasteiger partial charge in [-0.15, -0.1) is 0 Å². The van der Waals surface area contributed by atoms with Crippen molar-refractivity contribution in [3.05, 3.63) is 48.0 Å². The van der Waals surface area contributed by atoms with Gasteiger partial charge in [0.1, 0.15) is 0 Å². The third-order valence-corrected chi connectivity index (χ3v) is 4.24. The highest BCUT2D eigenvalue weighted by Crippen LogP contribution is 2.21. The van der Waals surface area contributed by atoms with Crippen LogP contribution in [0.5, 0.6) is 0 Å². The van der Waals surface area contributed by atoms with E-state index in [0.717, 1.165) is 49.1 Å². The minimum Gasteiger partial charge on any atom is -0.314 e. The second kappa shape index (κ2) is 6.37. The van der Waals surface area contributed by atoms with Gasteiger partial charge >= 0.3 is 0 Å². The standard InChI is InChI=1S/C18H22N2O/c1-14(13-20-11-9-19-10-12-20)18(21)17-8-4-6-15-5-2-3-7-16(15)17/h2-8,14,19H,9-13H2,1H3. The lowest BCUT2D eigenvalue weighted by Gasteiger charge is -2.29. The number of fused-ring (bicyclic) bond motifs is 1. The minimum absolute atomic E-state index is 0.0360. The van der Waals surface area contributed by atoms with Crippen molar-refractivity contribution >= 4 is 16.6 Å². The van der Waals surface area contributed by atoms with Gasteiger partial charge in [-0.2, -0.15) is 0 Å². The number of ketones is 1. The lowest BCUT2D eigenvalue weighted by atomic mass is 9.94. The molecule has 1 atom stereocenters. The van der Waals surface area contributed by atoms with E-state index < -0.39 is 0 Å². The van der Waals surface area contributed by atoms with Crippen LogP contribution in [-0.4, -0.2) is 43.4 Å². The summed E-state index contributed by atoms with van der Waals surface area (Å²) in [6.07, 6.45) is 0. The molecular formula is C18H22N2O. The zero-order valence-electron chi connectivity index (χ0n) is 12.5. The molecule has 3 nitrogen and oxygen atoms in total. The maximum Gasteiger partial charge on any atom is 0.167 e. The Kier molecular flexibility index (Phi) is 4.32. The molecule has 21 heavy (non-hydrogen) atoms. The number of carbonyl (C=O) groups is 1. The zero-order chi connectivity index (χ0) is 14.7. The van der Waals surface area contributed by atoms with Gasteiger partial charge in [0.25, 0.3) is 0 Å². The summed E-state index contributed by atoms with van der Waals surface area (Å²) < 4.78 is 0. The SMILES string of the molecule is CC(CN1CCNCC1)C(=O)c1cccc2ccccc12. The first-order valence-corrected chi connectivity index (χ1v) is 7.71. The number of rotatable bonds is 4. The Morgan fingerprint density at radius 1 is 1.14 bits per heavy atom. The minimum atomic E-state index is 0.0360. The summed E-state index contributed by atoms with van der Waals surface area (Å²) >= 11 is 0. The normalized spacial score (nSPS) is 17.8. The van der Waals surface area contributed by atoms with E-state index in [1.165, 1.54) is 0 Å². The van der Waals surface area contributed by atoms with Gasteiger partial charge in [0, 0.05) is 44.2 Å². The van der Waals surface area contributed by atoms with Crippen LogP contribution >= 0.6 is 0 Å². The van der Waals surface area contributed by atoms with Crippen molar-refractivity contribution in [1.29, 1.82) is 0 Å². The van der Waals surface area contributed by atoms with Crippen molar-refractivity contribution < 1.29 is 4.79 Å². The van der Waals surface area contributed by atoms with Crippen LogP contribution in [0.4, 0.5) is 0 Å². The Bertz CT molecular complexity index is 627. The summed E-state index contributed by atoms with van der Waals surface area (Å²) in [7, 11) is 0. The monoisotopic (exact) mass is 282 g/mol. The van der Waals surface area contributed by atoms with E-state index in [4.69, 9.17) is 0 Å². The molecule has 1 fully saturated rings. The quantitative estimate of drug-likeness (QED) is 0.875. The number of nitrogens with zero attached hydrogens (tertiary/aromatic N) is 1. The van der Waals surface area contributed by atoms with Crippen molar-refractivity contribution in [1.82, 2.24) is 10.2 Å². The lowest BCUT2D eigenvalue weighted by Crippen LogP contribution is -2.45. The molecule has 0 aliphatic carbocycles. The second-order valence-electron chi connectivity index (χ2n) is 5.84. The summed E-state index contributed by atoms with van der Waals surface area (Å²) in [4.78, 5) is 15.2. The largest absolute Gasteiger partial charge is 0.314 e. The first-order chi connectivity index (χ1) is 10.3. The van der Waals surface area contributed by atoms with Crippen LogP contribution in [0.15, 0.2) is 42.5 Å². The molecule has 1 aliphatic rings. The molecule has 3 heteroatoms. The Balaban J connectivity index is 1.79. The first-order valence-electron chi connectivity index (χ1n) is 7.71. The Morgan fingerprint density at radius 2 is 1.86 bits per heavy atom. The summed E-state index contributed by atoms with van der Waals surface area (Å²) in [5.74, 6) is 0.291.